The maximum absolute atomic E-state index is 12.5. The summed E-state index contributed by atoms with van der Waals surface area (Å²) in [5.74, 6) is -0.274. The number of carbonyl (C=O) groups is 1. The number of rotatable bonds is 10. The van der Waals surface area contributed by atoms with Gasteiger partial charge in [-0.25, -0.2) is 8.42 Å². The van der Waals surface area contributed by atoms with Gasteiger partial charge in [0.05, 0.1) is 19.3 Å². The van der Waals surface area contributed by atoms with E-state index in [0.717, 1.165) is 0 Å². The molecular formula is C16H25ClN2O5S. The molecule has 1 amide bonds. The average molecular weight is 393 g/mol. The summed E-state index contributed by atoms with van der Waals surface area (Å²) < 4.78 is 37.7. The minimum atomic E-state index is -3.96. The predicted octanol–water partition coefficient (Wildman–Crippen LogP) is 1.95. The molecule has 1 aromatic rings. The number of sulfonamides is 1. The summed E-state index contributed by atoms with van der Waals surface area (Å²) in [4.78, 5) is 11.9. The van der Waals surface area contributed by atoms with E-state index in [0.29, 0.717) is 19.6 Å². The van der Waals surface area contributed by atoms with E-state index in [9.17, 15) is 13.2 Å². The first kappa shape index (κ1) is 21.7. The van der Waals surface area contributed by atoms with Crippen LogP contribution < -0.4 is 14.8 Å². The zero-order valence-corrected chi connectivity index (χ0v) is 16.4. The minimum absolute atomic E-state index is 0.118. The molecular weight excluding hydrogens is 368 g/mol. The molecule has 1 rings (SSSR count). The summed E-state index contributed by atoms with van der Waals surface area (Å²) in [6.45, 7) is 6.25. The molecule has 142 valence electrons. The van der Waals surface area contributed by atoms with Gasteiger partial charge in [-0.3, -0.25) is 4.79 Å². The van der Waals surface area contributed by atoms with E-state index >= 15 is 0 Å². The number of benzene rings is 1. The summed E-state index contributed by atoms with van der Waals surface area (Å²) in [7, 11) is -2.60. The predicted molar refractivity (Wildman–Crippen MR) is 96.5 cm³/mol. The van der Waals surface area contributed by atoms with E-state index < -0.39 is 22.0 Å². The van der Waals surface area contributed by atoms with Crippen molar-refractivity contribution in [2.45, 2.75) is 44.2 Å². The zero-order valence-electron chi connectivity index (χ0n) is 14.8. The van der Waals surface area contributed by atoms with Crippen LogP contribution in [0.4, 0.5) is 0 Å². The maximum Gasteiger partial charge on any atom is 0.245 e. The first-order chi connectivity index (χ1) is 11.7. The number of methoxy groups -OCH3 is 1. The Morgan fingerprint density at radius 3 is 2.56 bits per heavy atom. The molecule has 0 fully saturated rings. The molecule has 9 heteroatoms. The fraction of sp³-hybridized carbons (Fsp3) is 0.562. The summed E-state index contributed by atoms with van der Waals surface area (Å²) in [6.07, 6.45) is 0.778. The zero-order chi connectivity index (χ0) is 19.0. The normalized spacial score (nSPS) is 12.9. The van der Waals surface area contributed by atoms with Gasteiger partial charge in [-0.1, -0.05) is 11.6 Å². The molecule has 0 bridgehead atoms. The van der Waals surface area contributed by atoms with Crippen LogP contribution in [0.15, 0.2) is 23.1 Å². The number of amides is 1. The highest BCUT2D eigenvalue weighted by molar-refractivity contribution is 7.89. The second kappa shape index (κ2) is 9.96. The van der Waals surface area contributed by atoms with Gasteiger partial charge in [0, 0.05) is 18.2 Å². The van der Waals surface area contributed by atoms with Crippen LogP contribution >= 0.6 is 11.6 Å². The van der Waals surface area contributed by atoms with Crippen LogP contribution in [-0.4, -0.2) is 46.7 Å². The summed E-state index contributed by atoms with van der Waals surface area (Å²) >= 11 is 5.86. The van der Waals surface area contributed by atoms with Crippen molar-refractivity contribution in [2.24, 2.45) is 0 Å². The highest BCUT2D eigenvalue weighted by Gasteiger charge is 2.25. The van der Waals surface area contributed by atoms with E-state index in [1.54, 1.807) is 0 Å². The van der Waals surface area contributed by atoms with Gasteiger partial charge in [0.2, 0.25) is 15.9 Å². The fourth-order valence-corrected chi connectivity index (χ4v) is 3.60. The van der Waals surface area contributed by atoms with E-state index in [1.807, 2.05) is 13.8 Å². The van der Waals surface area contributed by atoms with Gasteiger partial charge in [0.1, 0.15) is 10.6 Å². The van der Waals surface area contributed by atoms with Gasteiger partial charge in [0.15, 0.2) is 0 Å². The van der Waals surface area contributed by atoms with Gasteiger partial charge in [-0.15, -0.1) is 0 Å². The second-order valence-electron chi connectivity index (χ2n) is 5.70. The van der Waals surface area contributed by atoms with Crippen molar-refractivity contribution in [3.8, 4) is 5.75 Å². The highest BCUT2D eigenvalue weighted by atomic mass is 35.5. The van der Waals surface area contributed by atoms with Crippen molar-refractivity contribution in [2.75, 3.05) is 20.3 Å². The molecule has 1 atom stereocenters. The summed E-state index contributed by atoms with van der Waals surface area (Å²) in [5.41, 5.74) is 0. The number of nitrogens with one attached hydrogen (secondary N) is 2. The van der Waals surface area contributed by atoms with Crippen molar-refractivity contribution >= 4 is 27.5 Å². The third kappa shape index (κ3) is 7.19. The SMILES string of the molecule is COc1ccc(Cl)cc1S(=O)(=O)N[C@@H](C)C(=O)NCCCOC(C)C. The van der Waals surface area contributed by atoms with E-state index in [2.05, 4.69) is 10.0 Å². The molecule has 0 heterocycles. The monoisotopic (exact) mass is 392 g/mol. The van der Waals surface area contributed by atoms with Gasteiger partial charge < -0.3 is 14.8 Å². The van der Waals surface area contributed by atoms with Crippen LogP contribution in [0, 0.1) is 0 Å². The first-order valence-electron chi connectivity index (χ1n) is 7.92. The van der Waals surface area contributed by atoms with Gasteiger partial charge in [-0.2, -0.15) is 4.72 Å². The molecule has 25 heavy (non-hydrogen) atoms. The Morgan fingerprint density at radius 2 is 1.96 bits per heavy atom. The van der Waals surface area contributed by atoms with Gasteiger partial charge in [0.25, 0.3) is 0 Å². The van der Waals surface area contributed by atoms with Gasteiger partial charge >= 0.3 is 0 Å². The van der Waals surface area contributed by atoms with Gasteiger partial charge in [-0.05, 0) is 45.4 Å². The van der Waals surface area contributed by atoms with Crippen LogP contribution in [0.25, 0.3) is 0 Å². The minimum Gasteiger partial charge on any atom is -0.495 e. The molecule has 0 aliphatic heterocycles. The van der Waals surface area contributed by atoms with Crippen LogP contribution in [0.1, 0.15) is 27.2 Å². The molecule has 2 N–H and O–H groups in total. The molecule has 0 spiro atoms. The van der Waals surface area contributed by atoms with E-state index in [4.69, 9.17) is 21.1 Å². The molecule has 0 saturated heterocycles. The van der Waals surface area contributed by atoms with Crippen molar-refractivity contribution in [1.82, 2.24) is 10.0 Å². The number of hydrogen-bond donors (Lipinski definition) is 2. The number of carbonyl (C=O) groups excluding carboxylic acids is 1. The van der Waals surface area contributed by atoms with Crippen molar-refractivity contribution < 1.29 is 22.7 Å². The molecule has 0 aromatic heterocycles. The van der Waals surface area contributed by atoms with Crippen molar-refractivity contribution in [3.63, 3.8) is 0 Å². The topological polar surface area (TPSA) is 93.7 Å². The quantitative estimate of drug-likeness (QED) is 0.593. The first-order valence-corrected chi connectivity index (χ1v) is 9.78. The fourth-order valence-electron chi connectivity index (χ4n) is 1.97. The Labute approximate surface area is 154 Å². The smallest absolute Gasteiger partial charge is 0.245 e. The van der Waals surface area contributed by atoms with Crippen molar-refractivity contribution in [3.05, 3.63) is 23.2 Å². The van der Waals surface area contributed by atoms with E-state index in [1.165, 1.54) is 32.2 Å². The van der Waals surface area contributed by atoms with Crippen LogP contribution in [0.3, 0.4) is 0 Å². The highest BCUT2D eigenvalue weighted by Crippen LogP contribution is 2.26. The second-order valence-corrected chi connectivity index (χ2v) is 7.82. The molecule has 0 saturated carbocycles. The van der Waals surface area contributed by atoms with E-state index in [-0.39, 0.29) is 21.8 Å². The lowest BCUT2D eigenvalue weighted by Crippen LogP contribution is -2.45. The maximum atomic E-state index is 12.5. The lowest BCUT2D eigenvalue weighted by atomic mass is 10.3. The molecule has 0 aliphatic rings. The van der Waals surface area contributed by atoms with Crippen LogP contribution in [-0.2, 0) is 19.6 Å². The van der Waals surface area contributed by atoms with Crippen molar-refractivity contribution in [1.29, 1.82) is 0 Å². The number of halogens is 1. The molecule has 1 aromatic carbocycles. The molecule has 7 nitrogen and oxygen atoms in total. The number of ether oxygens (including phenoxy) is 2. The Kier molecular flexibility index (Phi) is 8.64. The molecule has 0 radical (unpaired) electrons. The third-order valence-electron chi connectivity index (χ3n) is 3.21. The third-order valence-corrected chi connectivity index (χ3v) is 5.01. The Morgan fingerprint density at radius 1 is 1.28 bits per heavy atom. The Balaban J connectivity index is 2.64. The largest absolute Gasteiger partial charge is 0.495 e. The van der Waals surface area contributed by atoms with Crippen LogP contribution in [0.2, 0.25) is 5.02 Å². The Bertz CT molecular complexity index is 679. The Hall–Kier alpha value is -1.35. The lowest BCUT2D eigenvalue weighted by molar-refractivity contribution is -0.122. The standard InChI is InChI=1S/C16H25ClN2O5S/c1-11(2)24-9-5-8-18-16(20)12(3)19-25(21,22)15-10-13(17)6-7-14(15)23-4/h6-7,10-12,19H,5,8-9H2,1-4H3,(H,18,20)/t12-/m0/s1. The summed E-state index contributed by atoms with van der Waals surface area (Å²) in [6, 6.07) is 3.31. The lowest BCUT2D eigenvalue weighted by Gasteiger charge is -2.16. The number of hydrogen-bond acceptors (Lipinski definition) is 5. The molecule has 0 aliphatic carbocycles. The molecule has 0 unspecified atom stereocenters. The summed E-state index contributed by atoms with van der Waals surface area (Å²) in [5, 5.41) is 2.92. The van der Waals surface area contributed by atoms with Crippen LogP contribution in [0.5, 0.6) is 5.75 Å². The average Bonchev–Trinajstić information content (AvgIpc) is 2.53.